The first-order valence-corrected chi connectivity index (χ1v) is 9.17. The van der Waals surface area contributed by atoms with Gasteiger partial charge in [0.05, 0.1) is 18.6 Å². The smallest absolute Gasteiger partial charge is 0.234 e. The third kappa shape index (κ3) is 4.56. The van der Waals surface area contributed by atoms with Crippen molar-refractivity contribution < 1.29 is 9.53 Å². The van der Waals surface area contributed by atoms with Crippen LogP contribution < -0.4 is 10.1 Å². The molecule has 0 radical (unpaired) electrons. The molecule has 0 aliphatic rings. The summed E-state index contributed by atoms with van der Waals surface area (Å²) < 4.78 is 5.21. The number of ether oxygens (including phenoxy) is 1. The highest BCUT2D eigenvalue weighted by Crippen LogP contribution is 2.28. The molecule has 6 nitrogen and oxygen atoms in total. The maximum Gasteiger partial charge on any atom is 0.234 e. The highest BCUT2D eigenvalue weighted by molar-refractivity contribution is 7.99. The maximum atomic E-state index is 12.2. The number of carbonyl (C=O) groups excluding carboxylic acids is 1. The molecule has 134 valence electrons. The van der Waals surface area contributed by atoms with Crippen molar-refractivity contribution in [3.8, 4) is 17.1 Å². The van der Waals surface area contributed by atoms with E-state index in [9.17, 15) is 4.79 Å². The molecular formula is C18H17ClN4O2S. The van der Waals surface area contributed by atoms with E-state index in [0.29, 0.717) is 27.4 Å². The molecule has 0 spiro atoms. The van der Waals surface area contributed by atoms with Gasteiger partial charge in [-0.25, -0.2) is 4.98 Å². The van der Waals surface area contributed by atoms with Crippen molar-refractivity contribution in [2.75, 3.05) is 18.2 Å². The molecule has 1 amide bonds. The van der Waals surface area contributed by atoms with Gasteiger partial charge in [-0.05, 0) is 25.1 Å². The SMILES string of the molecule is COc1ccc(Cl)cc1NC(=O)CSc1n[nH]c(-c2ccc(C)cc2)n1. The van der Waals surface area contributed by atoms with Crippen LogP contribution in [0.2, 0.25) is 5.02 Å². The summed E-state index contributed by atoms with van der Waals surface area (Å²) >= 11 is 7.21. The molecule has 0 saturated carbocycles. The zero-order valence-corrected chi connectivity index (χ0v) is 15.8. The van der Waals surface area contributed by atoms with Gasteiger partial charge in [0.1, 0.15) is 5.75 Å². The van der Waals surface area contributed by atoms with Crippen LogP contribution in [0, 0.1) is 6.92 Å². The number of methoxy groups -OCH3 is 1. The first kappa shape index (κ1) is 18.3. The summed E-state index contributed by atoms with van der Waals surface area (Å²) in [6.07, 6.45) is 0. The summed E-state index contributed by atoms with van der Waals surface area (Å²) in [6, 6.07) is 13.0. The highest BCUT2D eigenvalue weighted by atomic mass is 35.5. The number of benzene rings is 2. The maximum absolute atomic E-state index is 12.2. The average molecular weight is 389 g/mol. The molecule has 0 atom stereocenters. The summed E-state index contributed by atoms with van der Waals surface area (Å²) in [7, 11) is 1.54. The predicted molar refractivity (Wildman–Crippen MR) is 104 cm³/mol. The molecule has 2 N–H and O–H groups in total. The number of nitrogens with zero attached hydrogens (tertiary/aromatic N) is 2. The first-order valence-electron chi connectivity index (χ1n) is 7.81. The number of aromatic nitrogens is 3. The van der Waals surface area contributed by atoms with Gasteiger partial charge in [0.25, 0.3) is 0 Å². The third-order valence-corrected chi connectivity index (χ3v) is 4.64. The van der Waals surface area contributed by atoms with Crippen LogP contribution in [0.5, 0.6) is 5.75 Å². The molecule has 0 saturated heterocycles. The lowest BCUT2D eigenvalue weighted by Crippen LogP contribution is -2.14. The van der Waals surface area contributed by atoms with E-state index in [1.54, 1.807) is 18.2 Å². The summed E-state index contributed by atoms with van der Waals surface area (Å²) in [6.45, 7) is 2.03. The fraction of sp³-hybridized carbons (Fsp3) is 0.167. The Morgan fingerprint density at radius 1 is 1.27 bits per heavy atom. The zero-order valence-electron chi connectivity index (χ0n) is 14.2. The Balaban J connectivity index is 1.60. The van der Waals surface area contributed by atoms with Crippen molar-refractivity contribution in [1.82, 2.24) is 15.2 Å². The van der Waals surface area contributed by atoms with Crippen molar-refractivity contribution >= 4 is 35.0 Å². The van der Waals surface area contributed by atoms with Crippen LogP contribution >= 0.6 is 23.4 Å². The van der Waals surface area contributed by atoms with Crippen LogP contribution in [0.1, 0.15) is 5.56 Å². The zero-order chi connectivity index (χ0) is 18.5. The predicted octanol–water partition coefficient (Wildman–Crippen LogP) is 4.17. The Bertz CT molecular complexity index is 912. The quantitative estimate of drug-likeness (QED) is 0.619. The molecule has 0 bridgehead atoms. The van der Waals surface area contributed by atoms with E-state index >= 15 is 0 Å². The number of nitrogens with one attached hydrogen (secondary N) is 2. The standard InChI is InChI=1S/C18H17ClN4O2S/c1-11-3-5-12(6-4-11)17-21-18(23-22-17)26-10-16(24)20-14-9-13(19)7-8-15(14)25-2/h3-9H,10H2,1-2H3,(H,20,24)(H,21,22,23). The summed E-state index contributed by atoms with van der Waals surface area (Å²) in [5, 5.41) is 10.8. The number of hydrogen-bond acceptors (Lipinski definition) is 5. The number of rotatable bonds is 6. The van der Waals surface area contributed by atoms with Gasteiger partial charge in [0.2, 0.25) is 11.1 Å². The van der Waals surface area contributed by atoms with Crippen molar-refractivity contribution in [2.45, 2.75) is 12.1 Å². The number of halogens is 1. The van der Waals surface area contributed by atoms with E-state index < -0.39 is 0 Å². The van der Waals surface area contributed by atoms with E-state index in [1.807, 2.05) is 31.2 Å². The molecule has 1 aromatic heterocycles. The average Bonchev–Trinajstić information content (AvgIpc) is 3.10. The van der Waals surface area contributed by atoms with Gasteiger partial charge in [0.15, 0.2) is 5.82 Å². The monoisotopic (exact) mass is 388 g/mol. The minimum absolute atomic E-state index is 0.168. The van der Waals surface area contributed by atoms with Gasteiger partial charge in [0, 0.05) is 10.6 Å². The van der Waals surface area contributed by atoms with E-state index in [4.69, 9.17) is 16.3 Å². The largest absolute Gasteiger partial charge is 0.495 e. The van der Waals surface area contributed by atoms with Crippen molar-refractivity contribution in [3.05, 3.63) is 53.1 Å². The van der Waals surface area contributed by atoms with Gasteiger partial charge in [-0.15, -0.1) is 5.10 Å². The Morgan fingerprint density at radius 2 is 2.04 bits per heavy atom. The van der Waals surface area contributed by atoms with Gasteiger partial charge in [-0.3, -0.25) is 9.89 Å². The van der Waals surface area contributed by atoms with Crippen LogP contribution in [-0.2, 0) is 4.79 Å². The summed E-state index contributed by atoms with van der Waals surface area (Å²) in [5.41, 5.74) is 2.65. The third-order valence-electron chi connectivity index (χ3n) is 3.56. The summed E-state index contributed by atoms with van der Waals surface area (Å²) in [4.78, 5) is 16.6. The van der Waals surface area contributed by atoms with Crippen LogP contribution in [-0.4, -0.2) is 34.0 Å². The number of aryl methyl sites for hydroxylation is 1. The molecule has 0 fully saturated rings. The van der Waals surface area contributed by atoms with Gasteiger partial charge in [-0.1, -0.05) is 53.2 Å². The Kier molecular flexibility index (Phi) is 5.80. The van der Waals surface area contributed by atoms with Gasteiger partial charge >= 0.3 is 0 Å². The lowest BCUT2D eigenvalue weighted by Gasteiger charge is -2.09. The molecule has 0 unspecified atom stereocenters. The molecular weight excluding hydrogens is 372 g/mol. The topological polar surface area (TPSA) is 79.9 Å². The van der Waals surface area contributed by atoms with Gasteiger partial charge < -0.3 is 10.1 Å². The Morgan fingerprint density at radius 3 is 2.77 bits per heavy atom. The molecule has 0 aliphatic heterocycles. The van der Waals surface area contributed by atoms with Crippen molar-refractivity contribution in [1.29, 1.82) is 0 Å². The van der Waals surface area contributed by atoms with Gasteiger partial charge in [-0.2, -0.15) is 0 Å². The van der Waals surface area contributed by atoms with Crippen molar-refractivity contribution in [2.24, 2.45) is 0 Å². The molecule has 8 heteroatoms. The second kappa shape index (κ2) is 8.25. The Hall–Kier alpha value is -2.51. The minimum atomic E-state index is -0.197. The van der Waals surface area contributed by atoms with Crippen molar-refractivity contribution in [3.63, 3.8) is 0 Å². The molecule has 3 aromatic rings. The van der Waals surface area contributed by atoms with E-state index in [2.05, 4.69) is 20.5 Å². The number of hydrogen-bond donors (Lipinski definition) is 2. The lowest BCUT2D eigenvalue weighted by atomic mass is 10.1. The molecule has 1 heterocycles. The van der Waals surface area contributed by atoms with Crippen LogP contribution in [0.4, 0.5) is 5.69 Å². The molecule has 26 heavy (non-hydrogen) atoms. The molecule has 3 rings (SSSR count). The number of aromatic amines is 1. The second-order valence-corrected chi connectivity index (χ2v) is 6.89. The van der Waals surface area contributed by atoms with E-state index in [1.165, 1.54) is 24.4 Å². The lowest BCUT2D eigenvalue weighted by molar-refractivity contribution is -0.113. The number of thioether (sulfide) groups is 1. The molecule has 0 aliphatic carbocycles. The summed E-state index contributed by atoms with van der Waals surface area (Å²) in [5.74, 6) is 1.19. The first-order chi connectivity index (χ1) is 12.5. The normalized spacial score (nSPS) is 10.6. The minimum Gasteiger partial charge on any atom is -0.495 e. The van der Waals surface area contributed by atoms with Crippen LogP contribution in [0.15, 0.2) is 47.6 Å². The number of amides is 1. The number of anilines is 1. The fourth-order valence-electron chi connectivity index (χ4n) is 2.25. The fourth-order valence-corrected chi connectivity index (χ4v) is 3.02. The van der Waals surface area contributed by atoms with Crippen LogP contribution in [0.3, 0.4) is 0 Å². The molecule has 2 aromatic carbocycles. The Labute approximate surface area is 160 Å². The van der Waals surface area contributed by atoms with E-state index in [0.717, 1.165) is 5.56 Å². The van der Waals surface area contributed by atoms with E-state index in [-0.39, 0.29) is 11.7 Å². The number of H-pyrrole nitrogens is 1. The number of carbonyl (C=O) groups is 1. The highest BCUT2D eigenvalue weighted by Gasteiger charge is 2.11. The van der Waals surface area contributed by atoms with Crippen LogP contribution in [0.25, 0.3) is 11.4 Å². The second-order valence-electron chi connectivity index (χ2n) is 5.51.